The van der Waals surface area contributed by atoms with Gasteiger partial charge in [-0.25, -0.2) is 0 Å². The van der Waals surface area contributed by atoms with Gasteiger partial charge in [-0.1, -0.05) is 19.1 Å². The first-order chi connectivity index (χ1) is 17.3. The van der Waals surface area contributed by atoms with Gasteiger partial charge < -0.3 is 24.7 Å². The van der Waals surface area contributed by atoms with Crippen LogP contribution in [0.3, 0.4) is 0 Å². The van der Waals surface area contributed by atoms with E-state index in [2.05, 4.69) is 46.1 Å². The Morgan fingerprint density at radius 3 is 2.72 bits per heavy atom. The van der Waals surface area contributed by atoms with Crippen LogP contribution < -0.4 is 20.3 Å². The maximum atomic E-state index is 13.2. The summed E-state index contributed by atoms with van der Waals surface area (Å²) in [6.07, 6.45) is 2.29. The van der Waals surface area contributed by atoms with Gasteiger partial charge in [0.05, 0.1) is 32.0 Å². The third-order valence-corrected chi connectivity index (χ3v) is 7.62. The van der Waals surface area contributed by atoms with Crippen molar-refractivity contribution in [3.63, 3.8) is 0 Å². The molecule has 0 spiro atoms. The minimum Gasteiger partial charge on any atom is -0.497 e. The normalized spacial score (nSPS) is 15.8. The van der Waals surface area contributed by atoms with E-state index >= 15 is 0 Å². The van der Waals surface area contributed by atoms with Crippen LogP contribution in [0.1, 0.15) is 36.5 Å². The number of likely N-dealkylation sites (N-methyl/N-ethyl adjacent to an activating group) is 1. The summed E-state index contributed by atoms with van der Waals surface area (Å²) in [6, 6.07) is 12.1. The molecule has 0 saturated carbocycles. The zero-order valence-electron chi connectivity index (χ0n) is 21.8. The lowest BCUT2D eigenvalue weighted by Crippen LogP contribution is -2.44. The van der Waals surface area contributed by atoms with Crippen molar-refractivity contribution >= 4 is 33.9 Å². The van der Waals surface area contributed by atoms with Crippen LogP contribution >= 0.6 is 12.2 Å². The number of pyridine rings is 1. The number of benzene rings is 2. The van der Waals surface area contributed by atoms with E-state index in [1.54, 1.807) is 14.2 Å². The van der Waals surface area contributed by atoms with Crippen LogP contribution in [-0.4, -0.2) is 59.8 Å². The van der Waals surface area contributed by atoms with Gasteiger partial charge in [-0.05, 0) is 86.7 Å². The Hall–Kier alpha value is -3.10. The average molecular weight is 509 g/mol. The van der Waals surface area contributed by atoms with Crippen molar-refractivity contribution in [3.05, 3.63) is 63.4 Å². The summed E-state index contributed by atoms with van der Waals surface area (Å²) in [5, 5.41) is 4.94. The number of nitrogens with one attached hydrogen (secondary N) is 2. The summed E-state index contributed by atoms with van der Waals surface area (Å²) in [7, 11) is 3.25. The Kier molecular flexibility index (Phi) is 8.16. The van der Waals surface area contributed by atoms with Crippen molar-refractivity contribution in [2.24, 2.45) is 0 Å². The predicted molar refractivity (Wildman–Crippen MR) is 150 cm³/mol. The van der Waals surface area contributed by atoms with Crippen molar-refractivity contribution in [1.82, 2.24) is 14.8 Å². The number of aryl methyl sites for hydroxylation is 2. The second kappa shape index (κ2) is 11.3. The highest BCUT2D eigenvalue weighted by Crippen LogP contribution is 2.30. The first-order valence-electron chi connectivity index (χ1n) is 12.5. The predicted octanol–water partition coefficient (Wildman–Crippen LogP) is 4.85. The Labute approximate surface area is 218 Å². The van der Waals surface area contributed by atoms with Gasteiger partial charge in [-0.3, -0.25) is 9.69 Å². The Bertz CT molecular complexity index is 1310. The number of hydrogen-bond acceptors (Lipinski definition) is 5. The van der Waals surface area contributed by atoms with Gasteiger partial charge in [-0.15, -0.1) is 0 Å². The number of rotatable bonds is 8. The number of nitrogens with zero attached hydrogens (tertiary/aromatic N) is 2. The molecule has 7 nitrogen and oxygen atoms in total. The number of aromatic nitrogens is 1. The molecule has 36 heavy (non-hydrogen) atoms. The van der Waals surface area contributed by atoms with E-state index in [0.29, 0.717) is 34.8 Å². The molecule has 2 aromatic carbocycles. The SMILES string of the molecule is CCN1CCC[C@@H]1CN(Cc1cc2ccc(C)c(C)c2[nH]c1=O)C(=S)Nc1ccc(OC)cc1OC. The quantitative estimate of drug-likeness (QED) is 0.422. The van der Waals surface area contributed by atoms with Crippen LogP contribution in [0.25, 0.3) is 10.9 Å². The number of anilines is 1. The molecule has 8 heteroatoms. The highest BCUT2D eigenvalue weighted by atomic mass is 32.1. The summed E-state index contributed by atoms with van der Waals surface area (Å²) in [5.41, 5.74) is 4.52. The molecule has 2 heterocycles. The first kappa shape index (κ1) is 26.0. The fourth-order valence-electron chi connectivity index (χ4n) is 4.98. The summed E-state index contributed by atoms with van der Waals surface area (Å²) >= 11 is 5.91. The highest BCUT2D eigenvalue weighted by Gasteiger charge is 2.27. The van der Waals surface area contributed by atoms with Gasteiger partial charge in [0.15, 0.2) is 5.11 Å². The van der Waals surface area contributed by atoms with Crippen molar-refractivity contribution in [2.75, 3.05) is 39.2 Å². The van der Waals surface area contributed by atoms with Gasteiger partial charge in [0.2, 0.25) is 0 Å². The van der Waals surface area contributed by atoms with E-state index in [4.69, 9.17) is 21.7 Å². The van der Waals surface area contributed by atoms with Crippen molar-refractivity contribution in [3.8, 4) is 11.5 Å². The molecule has 1 aliphatic rings. The molecule has 4 rings (SSSR count). The number of ether oxygens (including phenoxy) is 2. The third kappa shape index (κ3) is 5.50. The summed E-state index contributed by atoms with van der Waals surface area (Å²) < 4.78 is 10.9. The standard InChI is InChI=1S/C28H36N4O3S/c1-6-31-13-7-8-22(31)17-32(28(36)29-24-12-11-23(34-4)15-25(24)35-5)16-21-14-20-10-9-18(2)19(3)26(20)30-27(21)33/h9-12,14-15,22H,6-8,13,16-17H2,1-5H3,(H,29,36)(H,30,33)/t22-/m1/s1. The van der Waals surface area contributed by atoms with Gasteiger partial charge in [0.1, 0.15) is 11.5 Å². The van der Waals surface area contributed by atoms with Crippen LogP contribution in [0.4, 0.5) is 5.69 Å². The molecular weight excluding hydrogens is 472 g/mol. The molecule has 192 valence electrons. The van der Waals surface area contributed by atoms with Gasteiger partial charge in [-0.2, -0.15) is 0 Å². The lowest BCUT2D eigenvalue weighted by molar-refractivity contribution is 0.221. The molecule has 0 radical (unpaired) electrons. The fraction of sp³-hybridized carbons (Fsp3) is 0.429. The Balaban J connectivity index is 1.65. The maximum absolute atomic E-state index is 13.2. The zero-order valence-corrected chi connectivity index (χ0v) is 22.6. The number of H-pyrrole nitrogens is 1. The van der Waals surface area contributed by atoms with Gasteiger partial charge in [0, 0.05) is 24.2 Å². The second-order valence-electron chi connectivity index (χ2n) is 9.40. The molecule has 1 saturated heterocycles. The molecule has 0 bridgehead atoms. The Morgan fingerprint density at radius 1 is 1.19 bits per heavy atom. The topological polar surface area (TPSA) is 69.8 Å². The minimum absolute atomic E-state index is 0.0789. The van der Waals surface area contributed by atoms with E-state index in [9.17, 15) is 4.79 Å². The molecular formula is C28H36N4O3S. The van der Waals surface area contributed by atoms with Crippen molar-refractivity contribution < 1.29 is 9.47 Å². The zero-order chi connectivity index (χ0) is 25.8. The van der Waals surface area contributed by atoms with Gasteiger partial charge in [0.25, 0.3) is 5.56 Å². The van der Waals surface area contributed by atoms with E-state index in [1.807, 2.05) is 31.2 Å². The number of aromatic amines is 1. The van der Waals surface area contributed by atoms with Crippen molar-refractivity contribution in [1.29, 1.82) is 0 Å². The van der Waals surface area contributed by atoms with Crippen LogP contribution in [0, 0.1) is 13.8 Å². The second-order valence-corrected chi connectivity index (χ2v) is 9.78. The van der Waals surface area contributed by atoms with Crippen LogP contribution in [-0.2, 0) is 6.54 Å². The van der Waals surface area contributed by atoms with E-state index in [-0.39, 0.29) is 5.56 Å². The van der Waals surface area contributed by atoms with E-state index < -0.39 is 0 Å². The molecule has 1 aromatic heterocycles. The molecule has 1 fully saturated rings. The molecule has 2 N–H and O–H groups in total. The summed E-state index contributed by atoms with van der Waals surface area (Å²) in [6.45, 7) is 9.54. The van der Waals surface area contributed by atoms with Crippen molar-refractivity contribution in [2.45, 2.75) is 46.2 Å². The van der Waals surface area contributed by atoms with Gasteiger partial charge >= 0.3 is 0 Å². The van der Waals surface area contributed by atoms with Crippen LogP contribution in [0.5, 0.6) is 11.5 Å². The summed E-state index contributed by atoms with van der Waals surface area (Å²) in [4.78, 5) is 20.9. The maximum Gasteiger partial charge on any atom is 0.253 e. The number of methoxy groups -OCH3 is 2. The third-order valence-electron chi connectivity index (χ3n) is 7.26. The lowest BCUT2D eigenvalue weighted by atomic mass is 10.0. The minimum atomic E-state index is -0.0789. The molecule has 0 amide bonds. The molecule has 3 aromatic rings. The lowest BCUT2D eigenvalue weighted by Gasteiger charge is -2.32. The number of fused-ring (bicyclic) bond motifs is 1. The number of likely N-dealkylation sites (tertiary alicyclic amines) is 1. The van der Waals surface area contributed by atoms with Crippen LogP contribution in [0.15, 0.2) is 41.2 Å². The average Bonchev–Trinajstić information content (AvgIpc) is 3.34. The monoisotopic (exact) mass is 508 g/mol. The molecule has 0 aliphatic carbocycles. The first-order valence-corrected chi connectivity index (χ1v) is 12.9. The smallest absolute Gasteiger partial charge is 0.253 e. The van der Waals surface area contributed by atoms with E-state index in [0.717, 1.165) is 53.8 Å². The molecule has 1 aliphatic heterocycles. The largest absolute Gasteiger partial charge is 0.497 e. The molecule has 0 unspecified atom stereocenters. The summed E-state index contributed by atoms with van der Waals surface area (Å²) in [5.74, 6) is 1.35. The van der Waals surface area contributed by atoms with Crippen LogP contribution in [0.2, 0.25) is 0 Å². The van der Waals surface area contributed by atoms with E-state index in [1.165, 1.54) is 6.42 Å². The fourth-order valence-corrected chi connectivity index (χ4v) is 5.23. The molecule has 1 atom stereocenters. The highest BCUT2D eigenvalue weighted by molar-refractivity contribution is 7.80. The number of hydrogen-bond donors (Lipinski definition) is 2. The number of thiocarbonyl (C=S) groups is 1. The Morgan fingerprint density at radius 2 is 2.00 bits per heavy atom.